The molecule has 0 bridgehead atoms. The van der Waals surface area contributed by atoms with Gasteiger partial charge < -0.3 is 25.2 Å². The molecule has 0 fully saturated rings. The van der Waals surface area contributed by atoms with E-state index < -0.39 is 0 Å². The number of aliphatic imine (C=N–C) groups is 1. The third-order valence-electron chi connectivity index (χ3n) is 4.38. The van der Waals surface area contributed by atoms with E-state index in [1.807, 2.05) is 29.2 Å². The van der Waals surface area contributed by atoms with Gasteiger partial charge in [-0.3, -0.25) is 9.98 Å². The topological polar surface area (TPSA) is 119 Å². The smallest absolute Gasteiger partial charge is 0.180 e. The van der Waals surface area contributed by atoms with Crippen LogP contribution in [0.15, 0.2) is 47.7 Å². The Labute approximate surface area is 174 Å². The number of allylic oxidation sites excluding steroid dienone is 1. The first-order chi connectivity index (χ1) is 14.6. The second-order valence-electron chi connectivity index (χ2n) is 6.22. The maximum absolute atomic E-state index is 9.64. The lowest BCUT2D eigenvalue weighted by atomic mass is 10.2. The average molecular weight is 408 g/mol. The van der Waals surface area contributed by atoms with Crippen molar-refractivity contribution < 1.29 is 14.6 Å². The largest absolute Gasteiger partial charge is 0.497 e. The fraction of sp³-hybridized carbons (Fsp3) is 0.238. The summed E-state index contributed by atoms with van der Waals surface area (Å²) in [4.78, 5) is 19.5. The lowest BCUT2D eigenvalue weighted by Crippen LogP contribution is -2.22. The number of hydrogen-bond donors (Lipinski definition) is 2. The Hall–Kier alpha value is -3.72. The molecule has 0 aliphatic rings. The summed E-state index contributed by atoms with van der Waals surface area (Å²) in [5, 5.41) is 9.64. The quantitative estimate of drug-likeness (QED) is 0.544. The predicted molar refractivity (Wildman–Crippen MR) is 118 cm³/mol. The fourth-order valence-corrected chi connectivity index (χ4v) is 2.93. The first-order valence-electron chi connectivity index (χ1n) is 9.23. The van der Waals surface area contributed by atoms with Crippen LogP contribution in [0.2, 0.25) is 0 Å². The summed E-state index contributed by atoms with van der Waals surface area (Å²) in [6, 6.07) is 9.13. The molecule has 2 aromatic heterocycles. The van der Waals surface area contributed by atoms with Gasteiger partial charge in [0.25, 0.3) is 0 Å². The minimum absolute atomic E-state index is 0.0714. The fourth-order valence-electron chi connectivity index (χ4n) is 2.93. The monoisotopic (exact) mass is 408 g/mol. The van der Waals surface area contributed by atoms with Crippen LogP contribution in [-0.4, -0.2) is 60.7 Å². The van der Waals surface area contributed by atoms with Crippen LogP contribution in [0.1, 0.15) is 5.69 Å². The summed E-state index contributed by atoms with van der Waals surface area (Å²) in [5.41, 5.74) is 8.74. The zero-order valence-electron chi connectivity index (χ0n) is 17.1. The van der Waals surface area contributed by atoms with Crippen molar-refractivity contribution in [2.45, 2.75) is 0 Å². The maximum atomic E-state index is 9.64. The molecule has 0 amide bonds. The summed E-state index contributed by atoms with van der Waals surface area (Å²) in [6.07, 6.45) is 4.66. The van der Waals surface area contributed by atoms with E-state index in [4.69, 9.17) is 15.2 Å². The van der Waals surface area contributed by atoms with Crippen molar-refractivity contribution in [3.63, 3.8) is 0 Å². The van der Waals surface area contributed by atoms with Crippen molar-refractivity contribution in [3.05, 3.63) is 48.4 Å². The first-order valence-corrected chi connectivity index (χ1v) is 9.23. The molecule has 0 saturated heterocycles. The Morgan fingerprint density at radius 2 is 1.90 bits per heavy atom. The molecule has 0 spiro atoms. The number of nitrogens with zero attached hydrogens (tertiary/aromatic N) is 5. The number of hydrogen-bond acceptors (Lipinski definition) is 9. The van der Waals surface area contributed by atoms with Crippen molar-refractivity contribution in [2.75, 3.05) is 39.3 Å². The third kappa shape index (κ3) is 4.47. The van der Waals surface area contributed by atoms with Gasteiger partial charge >= 0.3 is 0 Å². The number of aliphatic hydroxyl groups excluding tert-OH is 1. The van der Waals surface area contributed by atoms with Crippen LogP contribution in [0.5, 0.6) is 11.5 Å². The molecule has 0 radical (unpaired) electrons. The number of pyridine rings is 1. The normalized spacial score (nSPS) is 11.8. The molecule has 9 nitrogen and oxygen atoms in total. The molecule has 9 heteroatoms. The third-order valence-corrected chi connectivity index (χ3v) is 4.38. The van der Waals surface area contributed by atoms with E-state index in [1.54, 1.807) is 39.7 Å². The number of rotatable bonds is 8. The maximum Gasteiger partial charge on any atom is 0.180 e. The van der Waals surface area contributed by atoms with Crippen LogP contribution < -0.4 is 20.1 Å². The van der Waals surface area contributed by atoms with Crippen molar-refractivity contribution in [3.8, 4) is 11.5 Å². The number of aliphatic hydroxyl groups is 1. The van der Waals surface area contributed by atoms with Gasteiger partial charge in [0.1, 0.15) is 22.8 Å². The summed E-state index contributed by atoms with van der Waals surface area (Å²) in [5.74, 6) is 1.86. The molecule has 1 aromatic carbocycles. The first kappa shape index (κ1) is 21.0. The van der Waals surface area contributed by atoms with Gasteiger partial charge in [0.2, 0.25) is 0 Å². The standard InChI is InChI=1S/C21H24N6O3/c1-23-12-14(11-22)19-13-24-18-4-5-20(26-21(18)25-19)27(6-7-28)15-8-16(29-2)10-17(9-15)30-3/h4-5,8-13,28H,6-7,22H2,1-3H3. The Morgan fingerprint density at radius 1 is 1.17 bits per heavy atom. The molecule has 2 heterocycles. The van der Waals surface area contributed by atoms with Gasteiger partial charge in [0, 0.05) is 55.5 Å². The summed E-state index contributed by atoms with van der Waals surface area (Å²) in [6.45, 7) is 0.246. The van der Waals surface area contributed by atoms with Gasteiger partial charge in [-0.2, -0.15) is 0 Å². The van der Waals surface area contributed by atoms with Gasteiger partial charge in [-0.15, -0.1) is 0 Å². The minimum Gasteiger partial charge on any atom is -0.497 e. The average Bonchev–Trinajstić information content (AvgIpc) is 2.79. The summed E-state index contributed by atoms with van der Waals surface area (Å²) < 4.78 is 10.7. The second-order valence-corrected chi connectivity index (χ2v) is 6.22. The van der Waals surface area contributed by atoms with E-state index in [0.29, 0.717) is 46.3 Å². The van der Waals surface area contributed by atoms with Gasteiger partial charge in [-0.05, 0) is 12.1 Å². The zero-order chi connectivity index (χ0) is 21.5. The molecular formula is C21H24N6O3. The second kappa shape index (κ2) is 9.66. The van der Waals surface area contributed by atoms with Gasteiger partial charge in [0.15, 0.2) is 5.65 Å². The van der Waals surface area contributed by atoms with Crippen LogP contribution in [0.4, 0.5) is 11.5 Å². The zero-order valence-corrected chi connectivity index (χ0v) is 17.1. The molecule has 30 heavy (non-hydrogen) atoms. The molecule has 3 N–H and O–H groups in total. The molecule has 0 unspecified atom stereocenters. The lowest BCUT2D eigenvalue weighted by molar-refractivity contribution is 0.305. The Balaban J connectivity index is 2.09. The SMILES string of the molecule is CN=CC(=CN)c1cnc2ccc(N(CCO)c3cc(OC)cc(OC)c3)nc2n1. The molecule has 3 rings (SSSR count). The van der Waals surface area contributed by atoms with Crippen molar-refractivity contribution in [2.24, 2.45) is 10.7 Å². The Morgan fingerprint density at radius 3 is 2.50 bits per heavy atom. The molecule has 0 aliphatic carbocycles. The van der Waals surface area contributed by atoms with E-state index in [-0.39, 0.29) is 6.61 Å². The van der Waals surface area contributed by atoms with Crippen molar-refractivity contribution in [1.29, 1.82) is 0 Å². The van der Waals surface area contributed by atoms with Crippen LogP contribution in [0, 0.1) is 0 Å². The van der Waals surface area contributed by atoms with Gasteiger partial charge in [-0.1, -0.05) is 0 Å². The highest BCUT2D eigenvalue weighted by Gasteiger charge is 2.15. The molecule has 0 aliphatic heterocycles. The van der Waals surface area contributed by atoms with Crippen LogP contribution in [0.25, 0.3) is 16.7 Å². The van der Waals surface area contributed by atoms with Crippen LogP contribution in [0.3, 0.4) is 0 Å². The van der Waals surface area contributed by atoms with Gasteiger partial charge in [0.05, 0.1) is 32.7 Å². The number of ether oxygens (including phenoxy) is 2. The highest BCUT2D eigenvalue weighted by atomic mass is 16.5. The predicted octanol–water partition coefficient (Wildman–Crippen LogP) is 2.17. The molecule has 156 valence electrons. The van der Waals surface area contributed by atoms with Gasteiger partial charge in [-0.25, -0.2) is 9.97 Å². The van der Waals surface area contributed by atoms with E-state index in [1.165, 1.54) is 6.20 Å². The molecule has 0 atom stereocenters. The van der Waals surface area contributed by atoms with E-state index in [9.17, 15) is 5.11 Å². The number of methoxy groups -OCH3 is 2. The highest BCUT2D eigenvalue weighted by molar-refractivity contribution is 6.08. The number of benzene rings is 1. The number of nitrogens with two attached hydrogens (primary N) is 1. The summed E-state index contributed by atoms with van der Waals surface area (Å²) >= 11 is 0. The van der Waals surface area contributed by atoms with Crippen LogP contribution in [-0.2, 0) is 0 Å². The Bertz CT molecular complexity index is 1060. The molecule has 3 aromatic rings. The van der Waals surface area contributed by atoms with Crippen molar-refractivity contribution in [1.82, 2.24) is 15.0 Å². The molecular weight excluding hydrogens is 384 g/mol. The van der Waals surface area contributed by atoms with Crippen LogP contribution >= 0.6 is 0 Å². The number of aromatic nitrogens is 3. The lowest BCUT2D eigenvalue weighted by Gasteiger charge is -2.24. The summed E-state index contributed by atoms with van der Waals surface area (Å²) in [7, 11) is 4.83. The van der Waals surface area contributed by atoms with E-state index >= 15 is 0 Å². The minimum atomic E-state index is -0.0714. The van der Waals surface area contributed by atoms with E-state index in [0.717, 1.165) is 5.69 Å². The van der Waals surface area contributed by atoms with E-state index in [2.05, 4.69) is 19.9 Å². The Kier molecular flexibility index (Phi) is 6.76. The number of anilines is 2. The highest BCUT2D eigenvalue weighted by Crippen LogP contribution is 2.32. The molecule has 0 saturated carbocycles. The number of fused-ring (bicyclic) bond motifs is 1. The van der Waals surface area contributed by atoms with Crippen molar-refractivity contribution >= 4 is 34.5 Å².